The number of nitrogens with zero attached hydrogens (tertiary/aromatic N) is 3. The summed E-state index contributed by atoms with van der Waals surface area (Å²) >= 11 is 0. The first-order valence-corrected chi connectivity index (χ1v) is 19.2. The maximum absolute atomic E-state index is 15.3. The van der Waals surface area contributed by atoms with E-state index < -0.39 is 11.6 Å². The standard InChI is InChI=1S/C44H45FN6O8/c1-7-44(56)26(4)57-23-31-32(44)19-36-42-30(22-51(36)43(31)55)41-34(13-12-29-25(3)33(45)20-35(49-42)40(29)41)48-37(52)21-46-16-10-11-24(2)58-28(6)59-27(5)47-17-8-9-18-50-38(53)14-15-39(50)54/h8,10-11,14-15,17,19-20,34,46-47,56H,2,4-7,9,12-13,16,18,21-23H2,1,3H3,(H,48,52)/t34-,44+/m0/s1. The maximum atomic E-state index is 15.3. The highest BCUT2D eigenvalue weighted by Crippen LogP contribution is 2.46. The second kappa shape index (κ2) is 16.3. The van der Waals surface area contributed by atoms with Crippen LogP contribution in [-0.4, -0.2) is 56.9 Å². The van der Waals surface area contributed by atoms with Crippen molar-refractivity contribution in [2.45, 2.75) is 64.3 Å². The fraction of sp³-hybridized carbons (Fsp3) is 0.295. The summed E-state index contributed by atoms with van der Waals surface area (Å²) < 4.78 is 33.4. The molecule has 0 radical (unpaired) electrons. The van der Waals surface area contributed by atoms with Crippen LogP contribution in [-0.2, 0) is 53.8 Å². The number of halogens is 1. The monoisotopic (exact) mass is 804 g/mol. The van der Waals surface area contributed by atoms with Crippen LogP contribution in [0.25, 0.3) is 22.3 Å². The van der Waals surface area contributed by atoms with Crippen LogP contribution in [0.1, 0.15) is 65.6 Å². The molecule has 0 saturated heterocycles. The van der Waals surface area contributed by atoms with Crippen molar-refractivity contribution >= 4 is 28.6 Å². The van der Waals surface area contributed by atoms with Crippen molar-refractivity contribution in [2.24, 2.45) is 0 Å². The van der Waals surface area contributed by atoms with Crippen LogP contribution in [0.2, 0.25) is 0 Å². The minimum absolute atomic E-state index is 0.0118. The number of hydrogen-bond acceptors (Lipinski definition) is 11. The van der Waals surface area contributed by atoms with Gasteiger partial charge in [0.1, 0.15) is 29.5 Å². The molecule has 1 aliphatic carbocycles. The summed E-state index contributed by atoms with van der Waals surface area (Å²) in [6.07, 6.45) is 10.8. The number of nitrogens with one attached hydrogen (secondary N) is 3. The van der Waals surface area contributed by atoms with Gasteiger partial charge in [-0.2, -0.15) is 0 Å². The van der Waals surface area contributed by atoms with Gasteiger partial charge in [0.2, 0.25) is 5.91 Å². The summed E-state index contributed by atoms with van der Waals surface area (Å²) in [5.74, 6) is -0.887. The summed E-state index contributed by atoms with van der Waals surface area (Å²) in [7, 11) is 0. The van der Waals surface area contributed by atoms with E-state index in [0.29, 0.717) is 59.4 Å². The number of carbonyl (C=O) groups is 3. The average molecular weight is 805 g/mol. The van der Waals surface area contributed by atoms with Crippen molar-refractivity contribution in [2.75, 3.05) is 19.6 Å². The number of carbonyl (C=O) groups excluding carboxylic acids is 3. The molecule has 0 fully saturated rings. The molecule has 14 nitrogen and oxygen atoms in total. The molecule has 3 aliphatic heterocycles. The van der Waals surface area contributed by atoms with Crippen LogP contribution in [0.15, 0.2) is 103 Å². The van der Waals surface area contributed by atoms with Crippen LogP contribution in [0.3, 0.4) is 0 Å². The summed E-state index contributed by atoms with van der Waals surface area (Å²) in [4.78, 5) is 56.6. The molecule has 3 amide bonds. The molecule has 0 spiro atoms. The lowest BCUT2D eigenvalue weighted by Crippen LogP contribution is -2.39. The molecule has 0 saturated carbocycles. The Kier molecular flexibility index (Phi) is 11.3. The topological polar surface area (TPSA) is 173 Å². The summed E-state index contributed by atoms with van der Waals surface area (Å²) in [5, 5.41) is 21.4. The molecule has 0 bridgehead atoms. The molecule has 3 aromatic rings. The fourth-order valence-corrected chi connectivity index (χ4v) is 7.98. The van der Waals surface area contributed by atoms with Gasteiger partial charge < -0.3 is 39.8 Å². The van der Waals surface area contributed by atoms with Gasteiger partial charge in [0.05, 0.1) is 41.6 Å². The van der Waals surface area contributed by atoms with Crippen LogP contribution in [0.4, 0.5) is 4.39 Å². The third-order valence-electron chi connectivity index (χ3n) is 11.0. The van der Waals surface area contributed by atoms with Crippen LogP contribution in [0, 0.1) is 12.7 Å². The molecule has 15 heteroatoms. The maximum Gasteiger partial charge on any atom is 0.283 e. The third-order valence-corrected chi connectivity index (χ3v) is 11.0. The first-order chi connectivity index (χ1) is 28.2. The summed E-state index contributed by atoms with van der Waals surface area (Å²) in [6, 6.07) is 2.74. The number of aliphatic hydroxyl groups is 1. The Morgan fingerprint density at radius 1 is 1.12 bits per heavy atom. The molecule has 59 heavy (non-hydrogen) atoms. The number of imide groups is 1. The van der Waals surface area contributed by atoms with Crippen molar-refractivity contribution < 1.29 is 38.1 Å². The molecule has 2 aromatic heterocycles. The Balaban J connectivity index is 0.958. The zero-order chi connectivity index (χ0) is 42.2. The Labute approximate surface area is 339 Å². The predicted molar refractivity (Wildman–Crippen MR) is 217 cm³/mol. The molecule has 5 heterocycles. The first kappa shape index (κ1) is 40.6. The quantitative estimate of drug-likeness (QED) is 0.0537. The van der Waals surface area contributed by atoms with Gasteiger partial charge in [-0.05, 0) is 80.8 Å². The van der Waals surface area contributed by atoms with E-state index in [1.165, 1.54) is 18.2 Å². The van der Waals surface area contributed by atoms with E-state index in [-0.39, 0.29) is 85.1 Å². The fourth-order valence-electron chi connectivity index (χ4n) is 7.98. The van der Waals surface area contributed by atoms with E-state index in [4.69, 9.17) is 19.2 Å². The molecule has 1 aromatic carbocycles. The smallest absolute Gasteiger partial charge is 0.283 e. The minimum atomic E-state index is -1.55. The predicted octanol–water partition coefficient (Wildman–Crippen LogP) is 4.67. The lowest BCUT2D eigenvalue weighted by molar-refractivity contribution is -0.136. The number of rotatable bonds is 16. The Bertz CT molecular complexity index is 2500. The number of ether oxygens (including phenoxy) is 3. The highest BCUT2D eigenvalue weighted by Gasteiger charge is 2.42. The Morgan fingerprint density at radius 3 is 2.63 bits per heavy atom. The zero-order valence-electron chi connectivity index (χ0n) is 32.9. The number of aromatic nitrogens is 2. The van der Waals surface area contributed by atoms with Gasteiger partial charge >= 0.3 is 0 Å². The van der Waals surface area contributed by atoms with Crippen molar-refractivity contribution in [3.63, 3.8) is 0 Å². The molecule has 306 valence electrons. The normalized spacial score (nSPS) is 18.9. The molecular weight excluding hydrogens is 760 g/mol. The molecule has 2 atom stereocenters. The van der Waals surface area contributed by atoms with Gasteiger partial charge in [0, 0.05) is 47.8 Å². The second-order valence-electron chi connectivity index (χ2n) is 14.6. The van der Waals surface area contributed by atoms with Gasteiger partial charge in [-0.1, -0.05) is 32.2 Å². The number of hydrogen-bond donors (Lipinski definition) is 4. The van der Waals surface area contributed by atoms with Gasteiger partial charge in [0.25, 0.3) is 23.3 Å². The van der Waals surface area contributed by atoms with Crippen molar-refractivity contribution in [1.29, 1.82) is 0 Å². The summed E-state index contributed by atoms with van der Waals surface area (Å²) in [6.45, 7) is 19.4. The SMILES string of the molecule is C=C(C=CCNCC(=O)N[C@H]1CCc2c(C)c(F)cc3nc4c(c1c23)Cn1c-4cc2c(c1=O)COC(=C)[C@]2(O)CC)OC(=C)OC(=C)NC=CCCN1C(=O)C=CC1=O. The molecule has 4 aliphatic rings. The lowest BCUT2D eigenvalue weighted by Gasteiger charge is -2.35. The minimum Gasteiger partial charge on any atom is -0.490 e. The van der Waals surface area contributed by atoms with Gasteiger partial charge in [-0.15, -0.1) is 0 Å². The second-order valence-corrected chi connectivity index (χ2v) is 14.6. The van der Waals surface area contributed by atoms with Gasteiger partial charge in [0.15, 0.2) is 5.88 Å². The molecular formula is C44H45FN6O8. The van der Waals surface area contributed by atoms with Crippen LogP contribution < -0.4 is 21.5 Å². The van der Waals surface area contributed by atoms with E-state index in [0.717, 1.165) is 27.0 Å². The number of fused-ring (bicyclic) bond motifs is 5. The number of allylic oxidation sites excluding steroid dienone is 1. The Hall–Kier alpha value is -6.58. The van der Waals surface area contributed by atoms with Crippen LogP contribution in [0.5, 0.6) is 0 Å². The van der Waals surface area contributed by atoms with E-state index in [1.807, 2.05) is 0 Å². The number of amides is 3. The third kappa shape index (κ3) is 7.74. The van der Waals surface area contributed by atoms with Gasteiger partial charge in [-0.25, -0.2) is 9.37 Å². The van der Waals surface area contributed by atoms with E-state index >= 15 is 4.39 Å². The molecule has 7 rings (SSSR count). The van der Waals surface area contributed by atoms with E-state index in [2.05, 4.69) is 42.3 Å². The average Bonchev–Trinajstić information content (AvgIpc) is 3.73. The van der Waals surface area contributed by atoms with Crippen molar-refractivity contribution in [3.05, 3.63) is 148 Å². The zero-order valence-corrected chi connectivity index (χ0v) is 32.9. The first-order valence-electron chi connectivity index (χ1n) is 19.2. The summed E-state index contributed by atoms with van der Waals surface area (Å²) in [5.41, 5.74) is 3.32. The van der Waals surface area contributed by atoms with Crippen molar-refractivity contribution in [1.82, 2.24) is 30.4 Å². The van der Waals surface area contributed by atoms with Crippen LogP contribution >= 0.6 is 0 Å². The number of pyridine rings is 2. The van der Waals surface area contributed by atoms with E-state index in [9.17, 15) is 24.3 Å². The lowest BCUT2D eigenvalue weighted by atomic mass is 9.81. The largest absolute Gasteiger partial charge is 0.490 e. The number of benzene rings is 1. The molecule has 4 N–H and O–H groups in total. The highest BCUT2D eigenvalue weighted by molar-refractivity contribution is 6.12. The Morgan fingerprint density at radius 2 is 1.88 bits per heavy atom. The van der Waals surface area contributed by atoms with Gasteiger partial charge in [-0.3, -0.25) is 24.1 Å². The number of aryl methyl sites for hydroxylation is 1. The van der Waals surface area contributed by atoms with E-state index in [1.54, 1.807) is 48.9 Å². The van der Waals surface area contributed by atoms with Crippen molar-refractivity contribution in [3.8, 4) is 11.4 Å². The highest BCUT2D eigenvalue weighted by atomic mass is 19.1. The molecule has 0 unspecified atom stereocenters.